The molecule has 0 fully saturated rings. The van der Waals surface area contributed by atoms with E-state index in [9.17, 15) is 13.2 Å². The Hall–Kier alpha value is -2.58. The lowest BCUT2D eigenvalue weighted by molar-refractivity contribution is 0.0446. The third-order valence-corrected chi connectivity index (χ3v) is 4.52. The van der Waals surface area contributed by atoms with Crippen LogP contribution in [0.4, 0.5) is 0 Å². The molecule has 2 N–H and O–H groups in total. The average Bonchev–Trinajstić information content (AvgIpc) is 2.64. The monoisotopic (exact) mass is 379 g/mol. The molecule has 0 saturated heterocycles. The second-order valence-electron chi connectivity index (χ2n) is 5.39. The van der Waals surface area contributed by atoms with Crippen molar-refractivity contribution in [1.82, 2.24) is 0 Å². The fraction of sp³-hybridized carbons (Fsp3) is 0.278. The summed E-state index contributed by atoms with van der Waals surface area (Å²) in [4.78, 5) is 12.0. The number of rotatable bonds is 8. The van der Waals surface area contributed by atoms with Gasteiger partial charge in [-0.3, -0.25) is 0 Å². The summed E-state index contributed by atoms with van der Waals surface area (Å²) in [6, 6.07) is 11.4. The number of hydrogen-bond donors (Lipinski definition) is 1. The first-order valence-corrected chi connectivity index (χ1v) is 9.49. The number of esters is 1. The van der Waals surface area contributed by atoms with E-state index in [1.54, 1.807) is 0 Å². The van der Waals surface area contributed by atoms with E-state index >= 15 is 0 Å². The zero-order chi connectivity index (χ0) is 19.2. The Morgan fingerprint density at radius 2 is 1.88 bits per heavy atom. The third-order valence-electron chi connectivity index (χ3n) is 3.61. The summed E-state index contributed by atoms with van der Waals surface area (Å²) < 4.78 is 38.6. The fourth-order valence-electron chi connectivity index (χ4n) is 2.25. The number of nitrogens with two attached hydrogens (primary N) is 1. The van der Waals surface area contributed by atoms with Crippen molar-refractivity contribution in [3.8, 4) is 11.5 Å². The summed E-state index contributed by atoms with van der Waals surface area (Å²) in [6.45, 7) is 2.21. The van der Waals surface area contributed by atoms with E-state index in [0.717, 1.165) is 18.1 Å². The number of ether oxygens (including phenoxy) is 3. The molecule has 0 heterocycles. The average molecular weight is 379 g/mol. The van der Waals surface area contributed by atoms with Gasteiger partial charge in [0.1, 0.15) is 30.3 Å². The summed E-state index contributed by atoms with van der Waals surface area (Å²) in [5.41, 5.74) is 1.12. The van der Waals surface area contributed by atoms with E-state index in [2.05, 4.69) is 0 Å². The molecule has 0 saturated carbocycles. The topological polar surface area (TPSA) is 105 Å². The first-order chi connectivity index (χ1) is 12.3. The van der Waals surface area contributed by atoms with Gasteiger partial charge < -0.3 is 14.2 Å². The number of hydrogen-bond acceptors (Lipinski definition) is 6. The minimum Gasteiger partial charge on any atom is -0.496 e. The van der Waals surface area contributed by atoms with Gasteiger partial charge in [0.15, 0.2) is 0 Å². The second kappa shape index (κ2) is 8.68. The lowest BCUT2D eigenvalue weighted by atomic mass is 10.2. The molecular formula is C18H21NO6S. The van der Waals surface area contributed by atoms with Crippen molar-refractivity contribution >= 4 is 16.0 Å². The predicted molar refractivity (Wildman–Crippen MR) is 96.0 cm³/mol. The van der Waals surface area contributed by atoms with E-state index in [0.29, 0.717) is 5.75 Å². The van der Waals surface area contributed by atoms with Crippen LogP contribution in [0.5, 0.6) is 11.5 Å². The molecule has 2 rings (SSSR count). The minimum absolute atomic E-state index is 0.00204. The van der Waals surface area contributed by atoms with E-state index < -0.39 is 16.0 Å². The number of aryl methyl sites for hydroxylation is 1. The van der Waals surface area contributed by atoms with E-state index in [1.807, 2.05) is 31.2 Å². The molecule has 0 aromatic heterocycles. The van der Waals surface area contributed by atoms with Gasteiger partial charge in [-0.25, -0.2) is 18.4 Å². The first-order valence-electron chi connectivity index (χ1n) is 7.95. The number of sulfonamides is 1. The standard InChI is InChI=1S/C18H21NO6S/c1-3-13-5-4-6-14(11-13)24-9-10-25-18(20)16-12-15(26(19,21)22)7-8-17(16)23-2/h4-8,11-12H,3,9-10H2,1-2H3,(H2,19,21,22). The van der Waals surface area contributed by atoms with Gasteiger partial charge in [-0.05, 0) is 42.3 Å². The molecule has 8 heteroatoms. The predicted octanol–water partition coefficient (Wildman–Crippen LogP) is 2.14. The molecule has 0 aliphatic heterocycles. The highest BCUT2D eigenvalue weighted by molar-refractivity contribution is 7.89. The van der Waals surface area contributed by atoms with Crippen LogP contribution in [-0.2, 0) is 21.2 Å². The second-order valence-corrected chi connectivity index (χ2v) is 6.95. The van der Waals surface area contributed by atoms with Gasteiger partial charge in [-0.1, -0.05) is 19.1 Å². The molecular weight excluding hydrogens is 358 g/mol. The summed E-state index contributed by atoms with van der Waals surface area (Å²) in [7, 11) is -2.57. The summed E-state index contributed by atoms with van der Waals surface area (Å²) in [5.74, 6) is 0.159. The van der Waals surface area contributed by atoms with Crippen LogP contribution >= 0.6 is 0 Å². The summed E-state index contributed by atoms with van der Waals surface area (Å²) in [6.07, 6.45) is 0.895. The highest BCUT2D eigenvalue weighted by Crippen LogP contribution is 2.23. The van der Waals surface area contributed by atoms with Gasteiger partial charge >= 0.3 is 5.97 Å². The summed E-state index contributed by atoms with van der Waals surface area (Å²) in [5, 5.41) is 5.09. The minimum atomic E-state index is -3.94. The van der Waals surface area contributed by atoms with Crippen molar-refractivity contribution in [1.29, 1.82) is 0 Å². The van der Waals surface area contributed by atoms with Crippen molar-refractivity contribution in [2.45, 2.75) is 18.2 Å². The Labute approximate surface area is 152 Å². The lowest BCUT2D eigenvalue weighted by Gasteiger charge is -2.11. The SMILES string of the molecule is CCc1cccc(OCCOC(=O)c2cc(S(N)(=O)=O)ccc2OC)c1. The fourth-order valence-corrected chi connectivity index (χ4v) is 2.79. The molecule has 0 spiro atoms. The van der Waals surface area contributed by atoms with E-state index in [4.69, 9.17) is 19.3 Å². The molecule has 2 aromatic rings. The van der Waals surface area contributed by atoms with Crippen molar-refractivity contribution in [2.75, 3.05) is 20.3 Å². The Balaban J connectivity index is 1.99. The van der Waals surface area contributed by atoms with Crippen LogP contribution in [0.15, 0.2) is 47.4 Å². The highest BCUT2D eigenvalue weighted by Gasteiger charge is 2.18. The van der Waals surface area contributed by atoms with Crippen LogP contribution in [0.3, 0.4) is 0 Å². The summed E-state index contributed by atoms with van der Waals surface area (Å²) >= 11 is 0. The Kier molecular flexibility index (Phi) is 6.59. The molecule has 2 aromatic carbocycles. The maximum absolute atomic E-state index is 12.2. The van der Waals surface area contributed by atoms with Gasteiger partial charge in [-0.15, -0.1) is 0 Å². The van der Waals surface area contributed by atoms with Gasteiger partial charge in [0.05, 0.1) is 12.0 Å². The molecule has 0 aliphatic carbocycles. The van der Waals surface area contributed by atoms with Crippen molar-refractivity contribution in [3.63, 3.8) is 0 Å². The van der Waals surface area contributed by atoms with Gasteiger partial charge in [-0.2, -0.15) is 0 Å². The van der Waals surface area contributed by atoms with Crippen LogP contribution in [0, 0.1) is 0 Å². The molecule has 0 atom stereocenters. The van der Waals surface area contributed by atoms with Crippen LogP contribution in [0.1, 0.15) is 22.8 Å². The number of primary sulfonamides is 1. The highest BCUT2D eigenvalue weighted by atomic mass is 32.2. The van der Waals surface area contributed by atoms with Crippen LogP contribution in [-0.4, -0.2) is 34.7 Å². The zero-order valence-electron chi connectivity index (χ0n) is 14.6. The third kappa shape index (κ3) is 5.21. The van der Waals surface area contributed by atoms with Crippen LogP contribution in [0.25, 0.3) is 0 Å². The van der Waals surface area contributed by atoms with Gasteiger partial charge in [0.2, 0.25) is 10.0 Å². The molecule has 0 radical (unpaired) electrons. The zero-order valence-corrected chi connectivity index (χ0v) is 15.4. The molecule has 0 bridgehead atoms. The maximum Gasteiger partial charge on any atom is 0.342 e. The Morgan fingerprint density at radius 1 is 1.12 bits per heavy atom. The number of carbonyl (C=O) groups is 1. The molecule has 7 nitrogen and oxygen atoms in total. The molecule has 0 amide bonds. The van der Waals surface area contributed by atoms with Gasteiger partial charge in [0.25, 0.3) is 0 Å². The van der Waals surface area contributed by atoms with Crippen LogP contribution < -0.4 is 14.6 Å². The van der Waals surface area contributed by atoms with Crippen molar-refractivity contribution in [2.24, 2.45) is 5.14 Å². The van der Waals surface area contributed by atoms with E-state index in [-0.39, 0.29) is 29.4 Å². The van der Waals surface area contributed by atoms with Crippen molar-refractivity contribution < 1.29 is 27.4 Å². The largest absolute Gasteiger partial charge is 0.496 e. The van der Waals surface area contributed by atoms with Crippen LogP contribution in [0.2, 0.25) is 0 Å². The maximum atomic E-state index is 12.2. The molecule has 140 valence electrons. The van der Waals surface area contributed by atoms with E-state index in [1.165, 1.54) is 19.2 Å². The number of methoxy groups -OCH3 is 1. The quantitative estimate of drug-likeness (QED) is 0.556. The Bertz CT molecular complexity index is 879. The normalized spacial score (nSPS) is 11.0. The Morgan fingerprint density at radius 3 is 2.54 bits per heavy atom. The lowest BCUT2D eigenvalue weighted by Crippen LogP contribution is -2.16. The molecule has 0 unspecified atom stereocenters. The number of carbonyl (C=O) groups excluding carboxylic acids is 1. The first kappa shape index (κ1) is 19.7. The number of benzene rings is 2. The molecule has 0 aliphatic rings. The van der Waals surface area contributed by atoms with Crippen molar-refractivity contribution in [3.05, 3.63) is 53.6 Å². The smallest absolute Gasteiger partial charge is 0.342 e. The van der Waals surface area contributed by atoms with Gasteiger partial charge in [0, 0.05) is 0 Å². The molecule has 26 heavy (non-hydrogen) atoms.